The van der Waals surface area contributed by atoms with Crippen molar-refractivity contribution in [2.75, 3.05) is 6.61 Å². The molecule has 1 unspecified atom stereocenters. The Bertz CT molecular complexity index is 352. The molecule has 0 amide bonds. The van der Waals surface area contributed by atoms with Gasteiger partial charge in [-0.1, -0.05) is 18.2 Å². The molecule has 1 aromatic rings. The monoisotopic (exact) mass is 214 g/mol. The van der Waals surface area contributed by atoms with Crippen LogP contribution in [0.5, 0.6) is 0 Å². The van der Waals surface area contributed by atoms with Crippen LogP contribution in [0.2, 0.25) is 0 Å². The van der Waals surface area contributed by atoms with E-state index in [2.05, 4.69) is 0 Å². The molecule has 0 spiro atoms. The third kappa shape index (κ3) is 2.16. The first kappa shape index (κ1) is 10.5. The smallest absolute Gasteiger partial charge is 0.268 e. The summed E-state index contributed by atoms with van der Waals surface area (Å²) in [6, 6.07) is 4.93. The van der Waals surface area contributed by atoms with Crippen molar-refractivity contribution in [1.82, 2.24) is 0 Å². The standard InChI is InChI=1S/C11H12F2O2/c12-11(13)10(14)8-1-2-9-6-15-4-3-7(9)5-8/h1-2,5,10-11,14H,3-4,6H2. The summed E-state index contributed by atoms with van der Waals surface area (Å²) in [5.74, 6) is 0. The lowest BCUT2D eigenvalue weighted by atomic mass is 9.98. The molecule has 0 fully saturated rings. The van der Waals surface area contributed by atoms with Crippen LogP contribution >= 0.6 is 0 Å². The molecule has 2 rings (SSSR count). The fraction of sp³-hybridized carbons (Fsp3) is 0.455. The summed E-state index contributed by atoms with van der Waals surface area (Å²) in [6.45, 7) is 1.14. The van der Waals surface area contributed by atoms with Gasteiger partial charge < -0.3 is 9.84 Å². The highest BCUT2D eigenvalue weighted by atomic mass is 19.3. The highest BCUT2D eigenvalue weighted by molar-refractivity contribution is 5.34. The highest BCUT2D eigenvalue weighted by Crippen LogP contribution is 2.25. The number of rotatable bonds is 2. The second kappa shape index (κ2) is 4.24. The van der Waals surface area contributed by atoms with Gasteiger partial charge in [0.05, 0.1) is 13.2 Å². The van der Waals surface area contributed by atoms with Gasteiger partial charge in [0.15, 0.2) is 0 Å². The van der Waals surface area contributed by atoms with E-state index >= 15 is 0 Å². The third-order valence-corrected chi connectivity index (χ3v) is 2.58. The zero-order valence-electron chi connectivity index (χ0n) is 8.12. The maximum atomic E-state index is 12.3. The summed E-state index contributed by atoms with van der Waals surface area (Å²) >= 11 is 0. The Hall–Kier alpha value is -1.00. The predicted molar refractivity (Wildman–Crippen MR) is 50.8 cm³/mol. The number of fused-ring (bicyclic) bond motifs is 1. The summed E-state index contributed by atoms with van der Waals surface area (Å²) in [5, 5.41) is 9.22. The number of hydrogen-bond acceptors (Lipinski definition) is 2. The molecule has 1 aliphatic rings. The van der Waals surface area contributed by atoms with Gasteiger partial charge in [0.1, 0.15) is 6.10 Å². The predicted octanol–water partition coefficient (Wildman–Crippen LogP) is 2.06. The minimum absolute atomic E-state index is 0.283. The average molecular weight is 214 g/mol. The van der Waals surface area contributed by atoms with Gasteiger partial charge in [-0.3, -0.25) is 0 Å². The van der Waals surface area contributed by atoms with E-state index in [-0.39, 0.29) is 5.56 Å². The normalized spacial score (nSPS) is 17.6. The van der Waals surface area contributed by atoms with Crippen molar-refractivity contribution in [2.24, 2.45) is 0 Å². The second-order valence-electron chi connectivity index (χ2n) is 3.61. The van der Waals surface area contributed by atoms with E-state index in [1.807, 2.05) is 0 Å². The molecule has 4 heteroatoms. The van der Waals surface area contributed by atoms with Crippen LogP contribution in [0.25, 0.3) is 0 Å². The number of aliphatic hydroxyl groups is 1. The molecule has 0 saturated carbocycles. The molecule has 15 heavy (non-hydrogen) atoms. The topological polar surface area (TPSA) is 29.5 Å². The first-order valence-electron chi connectivity index (χ1n) is 4.84. The lowest BCUT2D eigenvalue weighted by molar-refractivity contribution is -0.00590. The van der Waals surface area contributed by atoms with Gasteiger partial charge in [0.2, 0.25) is 0 Å². The van der Waals surface area contributed by atoms with E-state index in [0.717, 1.165) is 17.5 Å². The number of alkyl halides is 2. The number of ether oxygens (including phenoxy) is 1. The maximum absolute atomic E-state index is 12.3. The lowest BCUT2D eigenvalue weighted by Gasteiger charge is -2.18. The molecule has 0 aromatic heterocycles. The van der Waals surface area contributed by atoms with Crippen LogP contribution in [-0.2, 0) is 17.8 Å². The van der Waals surface area contributed by atoms with Crippen molar-refractivity contribution >= 4 is 0 Å². The molecule has 1 heterocycles. The first-order valence-corrected chi connectivity index (χ1v) is 4.84. The SMILES string of the molecule is OC(c1ccc2c(c1)CCOC2)C(F)F. The van der Waals surface area contributed by atoms with E-state index in [1.165, 1.54) is 6.07 Å². The van der Waals surface area contributed by atoms with E-state index in [9.17, 15) is 13.9 Å². The largest absolute Gasteiger partial charge is 0.382 e. The van der Waals surface area contributed by atoms with Crippen molar-refractivity contribution in [3.63, 3.8) is 0 Å². The molecule has 0 radical (unpaired) electrons. The Kier molecular flexibility index (Phi) is 2.98. The summed E-state index contributed by atoms with van der Waals surface area (Å²) < 4.78 is 29.8. The van der Waals surface area contributed by atoms with Crippen LogP contribution in [-0.4, -0.2) is 18.1 Å². The highest BCUT2D eigenvalue weighted by Gasteiger charge is 2.20. The molecule has 1 N–H and O–H groups in total. The third-order valence-electron chi connectivity index (χ3n) is 2.58. The molecule has 82 valence electrons. The van der Waals surface area contributed by atoms with Crippen molar-refractivity contribution in [3.8, 4) is 0 Å². The van der Waals surface area contributed by atoms with Gasteiger partial charge in [0.25, 0.3) is 6.43 Å². The fourth-order valence-corrected chi connectivity index (χ4v) is 1.71. The van der Waals surface area contributed by atoms with Crippen molar-refractivity contribution in [1.29, 1.82) is 0 Å². The Labute approximate surface area is 86.5 Å². The Balaban J connectivity index is 2.27. The van der Waals surface area contributed by atoms with Crippen LogP contribution < -0.4 is 0 Å². The van der Waals surface area contributed by atoms with E-state index in [4.69, 9.17) is 4.74 Å². The summed E-state index contributed by atoms with van der Waals surface area (Å²) in [7, 11) is 0. The molecule has 0 saturated heterocycles. The van der Waals surface area contributed by atoms with Crippen molar-refractivity contribution in [2.45, 2.75) is 25.6 Å². The van der Waals surface area contributed by atoms with Crippen LogP contribution in [0, 0.1) is 0 Å². The van der Waals surface area contributed by atoms with E-state index < -0.39 is 12.5 Å². The Morgan fingerprint density at radius 3 is 2.80 bits per heavy atom. The van der Waals surface area contributed by atoms with Gasteiger partial charge in [-0.25, -0.2) is 8.78 Å². The lowest BCUT2D eigenvalue weighted by Crippen LogP contribution is -2.13. The zero-order valence-corrected chi connectivity index (χ0v) is 8.12. The van der Waals surface area contributed by atoms with Gasteiger partial charge in [-0.15, -0.1) is 0 Å². The van der Waals surface area contributed by atoms with Crippen LogP contribution in [0.3, 0.4) is 0 Å². The Morgan fingerprint density at radius 2 is 2.07 bits per heavy atom. The van der Waals surface area contributed by atoms with E-state index in [1.54, 1.807) is 12.1 Å². The molecular formula is C11H12F2O2. The molecular weight excluding hydrogens is 202 g/mol. The Morgan fingerprint density at radius 1 is 1.27 bits per heavy atom. The van der Waals surface area contributed by atoms with Crippen LogP contribution in [0.1, 0.15) is 22.8 Å². The minimum atomic E-state index is -2.73. The zero-order chi connectivity index (χ0) is 10.8. The number of hydrogen-bond donors (Lipinski definition) is 1. The molecule has 0 aliphatic carbocycles. The quantitative estimate of drug-likeness (QED) is 0.816. The second-order valence-corrected chi connectivity index (χ2v) is 3.61. The number of halogens is 2. The van der Waals surface area contributed by atoms with Gasteiger partial charge in [-0.2, -0.15) is 0 Å². The maximum Gasteiger partial charge on any atom is 0.268 e. The van der Waals surface area contributed by atoms with Crippen molar-refractivity contribution < 1.29 is 18.6 Å². The van der Waals surface area contributed by atoms with Gasteiger partial charge in [0, 0.05) is 0 Å². The summed E-state index contributed by atoms with van der Waals surface area (Å²) in [4.78, 5) is 0. The van der Waals surface area contributed by atoms with Gasteiger partial charge >= 0.3 is 0 Å². The van der Waals surface area contributed by atoms with Gasteiger partial charge in [-0.05, 0) is 23.1 Å². The van der Waals surface area contributed by atoms with Crippen molar-refractivity contribution in [3.05, 3.63) is 34.9 Å². The fourth-order valence-electron chi connectivity index (χ4n) is 1.71. The molecule has 2 nitrogen and oxygen atoms in total. The molecule has 1 aliphatic heterocycles. The van der Waals surface area contributed by atoms with E-state index in [0.29, 0.717) is 13.2 Å². The molecule has 1 aromatic carbocycles. The minimum Gasteiger partial charge on any atom is -0.382 e. The summed E-state index contributed by atoms with van der Waals surface area (Å²) in [5.41, 5.74) is 2.30. The first-order chi connectivity index (χ1) is 7.18. The van der Waals surface area contributed by atoms with Crippen LogP contribution in [0.15, 0.2) is 18.2 Å². The van der Waals surface area contributed by atoms with Crippen LogP contribution in [0.4, 0.5) is 8.78 Å². The molecule has 1 atom stereocenters. The number of aliphatic hydroxyl groups excluding tert-OH is 1. The average Bonchev–Trinajstić information content (AvgIpc) is 2.27. The number of benzene rings is 1. The summed E-state index contributed by atoms with van der Waals surface area (Å²) in [6.07, 6.45) is -3.69. The molecule has 0 bridgehead atoms.